The van der Waals surface area contributed by atoms with Gasteiger partial charge in [0.15, 0.2) is 11.4 Å². The van der Waals surface area contributed by atoms with Crippen LogP contribution < -0.4 is 4.74 Å². The van der Waals surface area contributed by atoms with Crippen molar-refractivity contribution in [2.24, 2.45) is 5.92 Å². The molecule has 0 bridgehead atoms. The summed E-state index contributed by atoms with van der Waals surface area (Å²) in [6.07, 6.45) is -2.11. The van der Waals surface area contributed by atoms with Crippen LogP contribution in [0.25, 0.3) is 10.9 Å². The molecule has 3 aromatic rings. The third-order valence-corrected chi connectivity index (χ3v) is 4.47. The van der Waals surface area contributed by atoms with Gasteiger partial charge in [-0.15, -0.1) is 0 Å². The lowest BCUT2D eigenvalue weighted by molar-refractivity contribution is -0.140. The van der Waals surface area contributed by atoms with Crippen LogP contribution in [0.5, 0.6) is 5.75 Å². The van der Waals surface area contributed by atoms with Crippen molar-refractivity contribution in [3.05, 3.63) is 59.8 Å². The molecule has 0 fully saturated rings. The van der Waals surface area contributed by atoms with Gasteiger partial charge in [0, 0.05) is 17.8 Å². The molecule has 0 amide bonds. The molecule has 5 nitrogen and oxygen atoms in total. The lowest BCUT2D eigenvalue weighted by Gasteiger charge is -2.30. The summed E-state index contributed by atoms with van der Waals surface area (Å²) in [6.45, 7) is -0.0478. The molecular formula is C19H16F5N3O2. The average molecular weight is 413 g/mol. The number of nitrogens with zero attached hydrogens (tertiary/aromatic N) is 3. The summed E-state index contributed by atoms with van der Waals surface area (Å²) in [6, 6.07) is 5.72. The van der Waals surface area contributed by atoms with Crippen molar-refractivity contribution in [1.82, 2.24) is 15.0 Å². The first-order valence-corrected chi connectivity index (χ1v) is 8.51. The molecule has 1 unspecified atom stereocenters. The zero-order valence-electron chi connectivity index (χ0n) is 15.3. The van der Waals surface area contributed by atoms with E-state index in [9.17, 15) is 27.1 Å². The number of hydrogen-bond donors (Lipinski definition) is 1. The van der Waals surface area contributed by atoms with Gasteiger partial charge in [-0.05, 0) is 30.2 Å². The standard InChI is InChI=1S/C19H16F5N3O2/c1-10(2)18(28,16-25-8-3-9-26-16)14-7-4-11-12(27-14)5-6-13(29-17(20)21)15(11)19(22,23)24/h3-10,17,28H,1-2H3. The highest BCUT2D eigenvalue weighted by atomic mass is 19.4. The SMILES string of the molecule is CC(C)C(O)(c1ccc2c(C(F)(F)F)c(OC(F)F)ccc2n1)c1ncccn1. The molecule has 0 aliphatic rings. The fraction of sp³-hybridized carbons (Fsp3) is 0.316. The first-order chi connectivity index (χ1) is 13.5. The Hall–Kier alpha value is -2.88. The van der Waals surface area contributed by atoms with E-state index in [1.54, 1.807) is 19.9 Å². The first-order valence-electron chi connectivity index (χ1n) is 8.51. The predicted molar refractivity (Wildman–Crippen MR) is 93.2 cm³/mol. The Morgan fingerprint density at radius 3 is 2.21 bits per heavy atom. The molecule has 0 saturated heterocycles. The number of aromatic nitrogens is 3. The minimum Gasteiger partial charge on any atom is -0.434 e. The summed E-state index contributed by atoms with van der Waals surface area (Å²) in [5.74, 6) is -1.44. The number of benzene rings is 1. The number of hydrogen-bond acceptors (Lipinski definition) is 5. The van der Waals surface area contributed by atoms with Gasteiger partial charge in [0.2, 0.25) is 0 Å². The van der Waals surface area contributed by atoms with Crippen molar-refractivity contribution >= 4 is 10.9 Å². The molecule has 1 N–H and O–H groups in total. The van der Waals surface area contributed by atoms with Crippen LogP contribution in [0.15, 0.2) is 42.7 Å². The average Bonchev–Trinajstić information content (AvgIpc) is 2.65. The Labute approximate surface area is 162 Å². The second-order valence-electron chi connectivity index (χ2n) is 6.57. The van der Waals surface area contributed by atoms with E-state index < -0.39 is 41.0 Å². The summed E-state index contributed by atoms with van der Waals surface area (Å²) in [5.41, 5.74) is -3.25. The monoisotopic (exact) mass is 413 g/mol. The minimum absolute atomic E-state index is 0.0295. The van der Waals surface area contributed by atoms with E-state index in [2.05, 4.69) is 19.7 Å². The van der Waals surface area contributed by atoms with Crippen LogP contribution in [0.4, 0.5) is 22.0 Å². The van der Waals surface area contributed by atoms with Crippen molar-refractivity contribution < 1.29 is 31.8 Å². The Balaban J connectivity index is 2.23. The summed E-state index contributed by atoms with van der Waals surface area (Å²) < 4.78 is 69.7. The smallest absolute Gasteiger partial charge is 0.420 e. The van der Waals surface area contributed by atoms with Gasteiger partial charge in [0.1, 0.15) is 11.3 Å². The lowest BCUT2D eigenvalue weighted by atomic mass is 9.85. The molecule has 2 aromatic heterocycles. The Kier molecular flexibility index (Phi) is 5.40. The largest absolute Gasteiger partial charge is 0.434 e. The highest BCUT2D eigenvalue weighted by Crippen LogP contribution is 2.42. The van der Waals surface area contributed by atoms with Gasteiger partial charge < -0.3 is 9.84 Å². The van der Waals surface area contributed by atoms with E-state index in [1.807, 2.05) is 0 Å². The maximum atomic E-state index is 13.5. The summed E-state index contributed by atoms with van der Waals surface area (Å²) >= 11 is 0. The maximum absolute atomic E-state index is 13.5. The van der Waals surface area contributed by atoms with Crippen LogP contribution in [-0.2, 0) is 11.8 Å². The lowest BCUT2D eigenvalue weighted by Crippen LogP contribution is -2.36. The molecule has 1 aromatic carbocycles. The topological polar surface area (TPSA) is 68.1 Å². The molecule has 1 atom stereocenters. The van der Waals surface area contributed by atoms with E-state index in [0.717, 1.165) is 18.2 Å². The third-order valence-electron chi connectivity index (χ3n) is 4.47. The molecule has 3 rings (SSSR count). The second-order valence-corrected chi connectivity index (χ2v) is 6.57. The number of fused-ring (bicyclic) bond motifs is 1. The van der Waals surface area contributed by atoms with E-state index in [-0.39, 0.29) is 17.0 Å². The summed E-state index contributed by atoms with van der Waals surface area (Å²) in [7, 11) is 0. The van der Waals surface area contributed by atoms with Gasteiger partial charge in [-0.2, -0.15) is 22.0 Å². The second kappa shape index (κ2) is 7.51. The summed E-state index contributed by atoms with van der Waals surface area (Å²) in [5, 5.41) is 10.8. The molecule has 0 radical (unpaired) electrons. The zero-order valence-corrected chi connectivity index (χ0v) is 15.3. The number of pyridine rings is 1. The van der Waals surface area contributed by atoms with Crippen molar-refractivity contribution in [3.8, 4) is 5.75 Å². The van der Waals surface area contributed by atoms with E-state index in [4.69, 9.17) is 0 Å². The van der Waals surface area contributed by atoms with Gasteiger partial charge >= 0.3 is 12.8 Å². The van der Waals surface area contributed by atoms with Crippen molar-refractivity contribution in [2.45, 2.75) is 32.2 Å². The van der Waals surface area contributed by atoms with Crippen LogP contribution in [0.2, 0.25) is 0 Å². The predicted octanol–water partition coefficient (Wildman–Crippen LogP) is 4.54. The van der Waals surface area contributed by atoms with Crippen molar-refractivity contribution in [2.75, 3.05) is 0 Å². The first kappa shape index (κ1) is 20.8. The van der Waals surface area contributed by atoms with Gasteiger partial charge in [-0.3, -0.25) is 0 Å². The normalized spacial score (nSPS) is 14.4. The highest BCUT2D eigenvalue weighted by molar-refractivity contribution is 5.85. The molecule has 0 aliphatic carbocycles. The molecule has 29 heavy (non-hydrogen) atoms. The molecule has 0 spiro atoms. The van der Waals surface area contributed by atoms with Gasteiger partial charge in [-0.1, -0.05) is 19.9 Å². The molecule has 0 saturated carbocycles. The van der Waals surface area contributed by atoms with Crippen LogP contribution in [0, 0.1) is 5.92 Å². The quantitative estimate of drug-likeness (QED) is 0.623. The van der Waals surface area contributed by atoms with Crippen LogP contribution >= 0.6 is 0 Å². The maximum Gasteiger partial charge on any atom is 0.420 e. The van der Waals surface area contributed by atoms with E-state index in [0.29, 0.717) is 0 Å². The van der Waals surface area contributed by atoms with Gasteiger partial charge in [0.05, 0.1) is 11.2 Å². The molecular weight excluding hydrogens is 397 g/mol. The summed E-state index contributed by atoms with van der Waals surface area (Å²) in [4.78, 5) is 12.3. The molecule has 10 heteroatoms. The van der Waals surface area contributed by atoms with Gasteiger partial charge in [0.25, 0.3) is 0 Å². The zero-order chi connectivity index (χ0) is 21.4. The number of alkyl halides is 5. The highest BCUT2D eigenvalue weighted by Gasteiger charge is 2.41. The van der Waals surface area contributed by atoms with Crippen LogP contribution in [0.1, 0.15) is 30.9 Å². The fourth-order valence-corrected chi connectivity index (χ4v) is 3.05. The minimum atomic E-state index is -4.95. The number of halogens is 5. The molecule has 2 heterocycles. The Morgan fingerprint density at radius 2 is 1.66 bits per heavy atom. The van der Waals surface area contributed by atoms with E-state index in [1.165, 1.54) is 18.5 Å². The van der Waals surface area contributed by atoms with E-state index >= 15 is 0 Å². The van der Waals surface area contributed by atoms with Crippen LogP contribution in [-0.4, -0.2) is 26.7 Å². The van der Waals surface area contributed by atoms with Crippen LogP contribution in [0.3, 0.4) is 0 Å². The Morgan fingerprint density at radius 1 is 1.00 bits per heavy atom. The van der Waals surface area contributed by atoms with Crippen molar-refractivity contribution in [3.63, 3.8) is 0 Å². The fourth-order valence-electron chi connectivity index (χ4n) is 3.05. The molecule has 0 aliphatic heterocycles. The van der Waals surface area contributed by atoms with Gasteiger partial charge in [-0.25, -0.2) is 15.0 Å². The van der Waals surface area contributed by atoms with Crippen molar-refractivity contribution in [1.29, 1.82) is 0 Å². The Bertz CT molecular complexity index is 1010. The number of rotatable bonds is 5. The number of ether oxygens (including phenoxy) is 1. The molecule has 154 valence electrons. The number of aliphatic hydroxyl groups is 1. The third kappa shape index (κ3) is 3.84.